The van der Waals surface area contributed by atoms with Crippen LogP contribution in [0.3, 0.4) is 0 Å². The Morgan fingerprint density at radius 2 is 1.60 bits per heavy atom. The van der Waals surface area contributed by atoms with Crippen molar-refractivity contribution in [2.75, 3.05) is 0 Å². The zero-order chi connectivity index (χ0) is 13.9. The highest BCUT2D eigenvalue weighted by molar-refractivity contribution is 6.36. The van der Waals surface area contributed by atoms with Crippen LogP contribution in [0, 0.1) is 18.8 Å². The molecule has 0 amide bonds. The van der Waals surface area contributed by atoms with E-state index in [1.54, 1.807) is 0 Å². The number of halogens is 1. The molecule has 0 aliphatic rings. The lowest BCUT2D eigenvalue weighted by molar-refractivity contribution is 1.24. The summed E-state index contributed by atoms with van der Waals surface area (Å²) in [5, 5.41) is 1.62. The Morgan fingerprint density at radius 1 is 0.900 bits per heavy atom. The van der Waals surface area contributed by atoms with Crippen LogP contribution in [-0.4, -0.2) is 4.98 Å². The predicted octanol–water partition coefficient (Wildman–Crippen LogP) is 4.60. The molecule has 0 saturated heterocycles. The fraction of sp³-hybridized carbons (Fsp3) is 0.0556. The highest BCUT2D eigenvalue weighted by Gasteiger charge is 2.08. The van der Waals surface area contributed by atoms with Crippen LogP contribution in [0.5, 0.6) is 0 Å². The number of aromatic nitrogens is 1. The maximum Gasteiger partial charge on any atom is 0.0721 e. The van der Waals surface area contributed by atoms with E-state index >= 15 is 0 Å². The summed E-state index contributed by atoms with van der Waals surface area (Å²) in [6.45, 7) is 1.94. The second-order valence-corrected chi connectivity index (χ2v) is 4.90. The monoisotopic (exact) mass is 277 g/mol. The molecule has 0 aliphatic carbocycles. The fourth-order valence-corrected chi connectivity index (χ4v) is 2.43. The van der Waals surface area contributed by atoms with Crippen molar-refractivity contribution in [3.8, 4) is 11.8 Å². The Labute approximate surface area is 123 Å². The van der Waals surface area contributed by atoms with Gasteiger partial charge >= 0.3 is 0 Å². The van der Waals surface area contributed by atoms with E-state index in [2.05, 4.69) is 16.8 Å². The molecule has 0 radical (unpaired) electrons. The third-order valence-corrected chi connectivity index (χ3v) is 3.51. The number of hydrogen-bond acceptors (Lipinski definition) is 1. The third kappa shape index (κ3) is 2.39. The molecule has 0 N–H and O–H groups in total. The maximum absolute atomic E-state index is 6.47. The van der Waals surface area contributed by atoms with E-state index in [-0.39, 0.29) is 0 Å². The lowest BCUT2D eigenvalue weighted by Crippen LogP contribution is -1.91. The van der Waals surface area contributed by atoms with Crippen molar-refractivity contribution in [3.05, 3.63) is 76.4 Å². The molecule has 1 aromatic heterocycles. The van der Waals surface area contributed by atoms with Crippen molar-refractivity contribution in [2.45, 2.75) is 6.92 Å². The molecule has 2 aromatic carbocycles. The first-order valence-electron chi connectivity index (χ1n) is 6.37. The maximum atomic E-state index is 6.47. The summed E-state index contributed by atoms with van der Waals surface area (Å²) < 4.78 is 0. The van der Waals surface area contributed by atoms with E-state index < -0.39 is 0 Å². The van der Waals surface area contributed by atoms with Crippen molar-refractivity contribution >= 4 is 22.5 Å². The van der Waals surface area contributed by atoms with E-state index in [4.69, 9.17) is 11.6 Å². The first-order chi connectivity index (χ1) is 9.75. The molecular weight excluding hydrogens is 266 g/mol. The van der Waals surface area contributed by atoms with Gasteiger partial charge in [0.05, 0.1) is 21.8 Å². The van der Waals surface area contributed by atoms with Crippen molar-refractivity contribution < 1.29 is 0 Å². The minimum Gasteiger partial charge on any atom is -0.252 e. The highest BCUT2D eigenvalue weighted by atomic mass is 35.5. The van der Waals surface area contributed by atoms with E-state index in [9.17, 15) is 0 Å². The molecule has 3 rings (SSSR count). The van der Waals surface area contributed by atoms with Gasteiger partial charge in [-0.3, -0.25) is 4.98 Å². The minimum atomic E-state index is 0.677. The minimum absolute atomic E-state index is 0.677. The topological polar surface area (TPSA) is 12.9 Å². The number of fused-ring (bicyclic) bond motifs is 1. The van der Waals surface area contributed by atoms with Crippen LogP contribution >= 0.6 is 11.6 Å². The number of benzene rings is 2. The summed E-state index contributed by atoms with van der Waals surface area (Å²) in [5.41, 5.74) is 3.53. The van der Waals surface area contributed by atoms with Gasteiger partial charge in [0.15, 0.2) is 0 Å². The van der Waals surface area contributed by atoms with E-state index in [1.165, 1.54) is 0 Å². The number of nitrogens with zero attached hydrogens (tertiary/aromatic N) is 1. The van der Waals surface area contributed by atoms with Gasteiger partial charge < -0.3 is 0 Å². The van der Waals surface area contributed by atoms with Crippen LogP contribution in [0.1, 0.15) is 16.8 Å². The Balaban J connectivity index is 2.15. The van der Waals surface area contributed by atoms with Crippen molar-refractivity contribution in [1.29, 1.82) is 0 Å². The standard InChI is InChI=1S/C18H12ClN/c1-13-15(12-11-14-7-3-2-4-8-14)18(19)16-9-5-6-10-17(16)20-13/h2-10H,1H3. The van der Waals surface area contributed by atoms with Crippen molar-refractivity contribution in [1.82, 2.24) is 4.98 Å². The molecule has 0 bridgehead atoms. The van der Waals surface area contributed by atoms with Crippen LogP contribution in [0.25, 0.3) is 10.9 Å². The second-order valence-electron chi connectivity index (χ2n) is 4.52. The quantitative estimate of drug-likeness (QED) is 0.548. The van der Waals surface area contributed by atoms with Crippen LogP contribution in [0.4, 0.5) is 0 Å². The zero-order valence-corrected chi connectivity index (χ0v) is 11.8. The Morgan fingerprint density at radius 3 is 2.40 bits per heavy atom. The molecule has 96 valence electrons. The summed E-state index contributed by atoms with van der Waals surface area (Å²) >= 11 is 6.47. The van der Waals surface area contributed by atoms with Crippen LogP contribution in [0.2, 0.25) is 5.02 Å². The Kier molecular flexibility index (Phi) is 3.41. The number of hydrogen-bond donors (Lipinski definition) is 0. The van der Waals surface area contributed by atoms with Crippen LogP contribution in [0.15, 0.2) is 54.6 Å². The highest BCUT2D eigenvalue weighted by Crippen LogP contribution is 2.27. The molecule has 1 heterocycles. The smallest absolute Gasteiger partial charge is 0.0721 e. The average Bonchev–Trinajstić information content (AvgIpc) is 2.48. The summed E-state index contributed by atoms with van der Waals surface area (Å²) in [5.74, 6) is 6.28. The SMILES string of the molecule is Cc1nc2ccccc2c(Cl)c1C#Cc1ccccc1. The first kappa shape index (κ1) is 12.7. The van der Waals surface area contributed by atoms with Gasteiger partial charge in [-0.05, 0) is 25.1 Å². The molecule has 0 aliphatic heterocycles. The van der Waals surface area contributed by atoms with Crippen molar-refractivity contribution in [3.63, 3.8) is 0 Å². The lowest BCUT2D eigenvalue weighted by Gasteiger charge is -2.05. The van der Waals surface area contributed by atoms with E-state index in [0.717, 1.165) is 27.7 Å². The van der Waals surface area contributed by atoms with Gasteiger partial charge in [0.25, 0.3) is 0 Å². The van der Waals surface area contributed by atoms with E-state index in [0.29, 0.717) is 5.02 Å². The fourth-order valence-electron chi connectivity index (χ4n) is 2.09. The normalized spacial score (nSPS) is 10.1. The molecule has 3 aromatic rings. The third-order valence-electron chi connectivity index (χ3n) is 3.12. The zero-order valence-electron chi connectivity index (χ0n) is 11.0. The van der Waals surface area contributed by atoms with Gasteiger partial charge in [-0.1, -0.05) is 59.8 Å². The van der Waals surface area contributed by atoms with Crippen molar-refractivity contribution in [2.24, 2.45) is 0 Å². The van der Waals surface area contributed by atoms with Gasteiger partial charge in [0, 0.05) is 10.9 Å². The summed E-state index contributed by atoms with van der Waals surface area (Å²) in [4.78, 5) is 4.56. The summed E-state index contributed by atoms with van der Waals surface area (Å²) in [6, 6.07) is 17.7. The summed E-state index contributed by atoms with van der Waals surface area (Å²) in [6.07, 6.45) is 0. The largest absolute Gasteiger partial charge is 0.252 e. The second kappa shape index (κ2) is 5.36. The van der Waals surface area contributed by atoms with Gasteiger partial charge in [-0.25, -0.2) is 0 Å². The first-order valence-corrected chi connectivity index (χ1v) is 6.75. The molecule has 0 unspecified atom stereocenters. The Bertz CT molecular complexity index is 826. The molecule has 0 saturated carbocycles. The number of aryl methyl sites for hydroxylation is 1. The van der Waals surface area contributed by atoms with Gasteiger partial charge in [0.2, 0.25) is 0 Å². The Hall–Kier alpha value is -2.30. The lowest BCUT2D eigenvalue weighted by atomic mass is 10.1. The molecule has 0 fully saturated rings. The molecule has 1 nitrogen and oxygen atoms in total. The van der Waals surface area contributed by atoms with Gasteiger partial charge in [-0.15, -0.1) is 0 Å². The number of pyridine rings is 1. The molecule has 20 heavy (non-hydrogen) atoms. The van der Waals surface area contributed by atoms with Crippen LogP contribution in [-0.2, 0) is 0 Å². The average molecular weight is 278 g/mol. The van der Waals surface area contributed by atoms with E-state index in [1.807, 2.05) is 61.5 Å². The molecule has 0 atom stereocenters. The van der Waals surface area contributed by atoms with Crippen LogP contribution < -0.4 is 0 Å². The predicted molar refractivity (Wildman–Crippen MR) is 83.9 cm³/mol. The molecule has 0 spiro atoms. The molecule has 2 heteroatoms. The van der Waals surface area contributed by atoms with Gasteiger partial charge in [0.1, 0.15) is 0 Å². The van der Waals surface area contributed by atoms with Gasteiger partial charge in [-0.2, -0.15) is 0 Å². The molecular formula is C18H12ClN. The summed E-state index contributed by atoms with van der Waals surface area (Å²) in [7, 11) is 0. The number of rotatable bonds is 0. The number of para-hydroxylation sites is 1.